The molecule has 0 radical (unpaired) electrons. The van der Waals surface area contributed by atoms with E-state index >= 15 is 0 Å². The Balaban J connectivity index is 2.48. The van der Waals surface area contributed by atoms with Crippen LogP contribution in [-0.4, -0.2) is 5.11 Å². The summed E-state index contributed by atoms with van der Waals surface area (Å²) in [5.74, 6) is 0. The topological polar surface area (TPSA) is 72.3 Å². The third kappa shape index (κ3) is 3.04. The Kier molecular flexibility index (Phi) is 5.37. The molecular formula is C23H24Cl2N2O. The first-order valence-electron chi connectivity index (χ1n) is 8.99. The minimum absolute atomic E-state index is 0.353. The summed E-state index contributed by atoms with van der Waals surface area (Å²) in [6, 6.07) is 13.1. The quantitative estimate of drug-likeness (QED) is 0.381. The molecule has 28 heavy (non-hydrogen) atoms. The highest BCUT2D eigenvalue weighted by Gasteiger charge is 2.39. The molecule has 0 aliphatic heterocycles. The third-order valence-corrected chi connectivity index (χ3v) is 6.42. The van der Waals surface area contributed by atoms with Crippen molar-refractivity contribution in [2.45, 2.75) is 33.3 Å². The average molecular weight is 415 g/mol. The van der Waals surface area contributed by atoms with Crippen molar-refractivity contribution >= 4 is 34.6 Å². The fraction of sp³-hybridized carbons (Fsp3) is 0.217. The van der Waals surface area contributed by atoms with Crippen LogP contribution in [0, 0.1) is 27.7 Å². The lowest BCUT2D eigenvalue weighted by atomic mass is 9.78. The molecule has 1 atom stereocenters. The summed E-state index contributed by atoms with van der Waals surface area (Å²) >= 11 is 13.4. The summed E-state index contributed by atoms with van der Waals surface area (Å²) in [6.07, 6.45) is 0. The maximum absolute atomic E-state index is 12.2. The van der Waals surface area contributed by atoms with E-state index in [1.165, 1.54) is 0 Å². The van der Waals surface area contributed by atoms with E-state index in [-0.39, 0.29) is 0 Å². The number of hydrogen-bond donors (Lipinski definition) is 3. The lowest BCUT2D eigenvalue weighted by Gasteiger charge is -2.34. The number of benzene rings is 3. The van der Waals surface area contributed by atoms with Crippen LogP contribution in [0.3, 0.4) is 0 Å². The molecule has 0 saturated heterocycles. The molecule has 0 aromatic heterocycles. The maximum atomic E-state index is 12.2. The molecule has 0 spiro atoms. The SMILES string of the molecule is Cc1cc(C(O)(c2ccccc2)c2c(Cl)c(C)c(N)c(C)c2Cl)cc(C)c1N. The van der Waals surface area contributed by atoms with Crippen LogP contribution in [0.15, 0.2) is 42.5 Å². The van der Waals surface area contributed by atoms with Gasteiger partial charge in [0.05, 0.1) is 10.0 Å². The molecule has 0 aliphatic rings. The molecule has 1 unspecified atom stereocenters. The Hall–Kier alpha value is -2.20. The van der Waals surface area contributed by atoms with E-state index in [2.05, 4.69) is 0 Å². The molecule has 3 nitrogen and oxygen atoms in total. The zero-order valence-corrected chi connectivity index (χ0v) is 17.9. The number of aliphatic hydroxyl groups is 1. The molecule has 0 heterocycles. The first-order valence-corrected chi connectivity index (χ1v) is 9.75. The molecular weight excluding hydrogens is 391 g/mol. The van der Waals surface area contributed by atoms with Crippen molar-refractivity contribution in [1.82, 2.24) is 0 Å². The molecule has 0 fully saturated rings. The Morgan fingerprint density at radius 2 is 1.21 bits per heavy atom. The van der Waals surface area contributed by atoms with Gasteiger partial charge in [0.2, 0.25) is 0 Å². The lowest BCUT2D eigenvalue weighted by molar-refractivity contribution is 0.125. The van der Waals surface area contributed by atoms with Crippen LogP contribution in [0.2, 0.25) is 10.0 Å². The predicted molar refractivity (Wildman–Crippen MR) is 119 cm³/mol. The van der Waals surface area contributed by atoms with E-state index in [0.717, 1.165) is 11.1 Å². The summed E-state index contributed by atoms with van der Waals surface area (Å²) in [5, 5.41) is 12.9. The summed E-state index contributed by atoms with van der Waals surface area (Å²) in [4.78, 5) is 0. The van der Waals surface area contributed by atoms with E-state index in [1.54, 1.807) is 0 Å². The van der Waals surface area contributed by atoms with E-state index in [0.29, 0.717) is 49.2 Å². The molecule has 0 saturated carbocycles. The van der Waals surface area contributed by atoms with Gasteiger partial charge < -0.3 is 16.6 Å². The Morgan fingerprint density at radius 1 is 0.750 bits per heavy atom. The van der Waals surface area contributed by atoms with Crippen LogP contribution in [0.25, 0.3) is 0 Å². The van der Waals surface area contributed by atoms with Crippen molar-refractivity contribution in [3.05, 3.63) is 91.5 Å². The normalized spacial score (nSPS) is 13.4. The minimum atomic E-state index is -1.57. The number of nitrogens with two attached hydrogens (primary N) is 2. The van der Waals surface area contributed by atoms with Gasteiger partial charge in [-0.25, -0.2) is 0 Å². The van der Waals surface area contributed by atoms with Gasteiger partial charge in [0.15, 0.2) is 0 Å². The molecule has 0 bridgehead atoms. The van der Waals surface area contributed by atoms with Crippen LogP contribution in [0.4, 0.5) is 11.4 Å². The van der Waals surface area contributed by atoms with Gasteiger partial charge in [-0.2, -0.15) is 0 Å². The van der Waals surface area contributed by atoms with Gasteiger partial charge in [-0.3, -0.25) is 0 Å². The Bertz CT molecular complexity index is 1010. The zero-order valence-electron chi connectivity index (χ0n) is 16.4. The van der Waals surface area contributed by atoms with Crippen molar-refractivity contribution in [3.63, 3.8) is 0 Å². The number of rotatable bonds is 3. The van der Waals surface area contributed by atoms with Crippen LogP contribution >= 0.6 is 23.2 Å². The smallest absolute Gasteiger partial charge is 0.143 e. The van der Waals surface area contributed by atoms with Gasteiger partial charge in [0.1, 0.15) is 5.60 Å². The molecule has 3 aromatic rings. The highest BCUT2D eigenvalue weighted by Crippen LogP contribution is 2.48. The lowest BCUT2D eigenvalue weighted by Crippen LogP contribution is -2.31. The maximum Gasteiger partial charge on any atom is 0.143 e. The second-order valence-corrected chi connectivity index (χ2v) is 8.02. The van der Waals surface area contributed by atoms with Crippen molar-refractivity contribution in [2.75, 3.05) is 11.5 Å². The van der Waals surface area contributed by atoms with Crippen molar-refractivity contribution < 1.29 is 5.11 Å². The van der Waals surface area contributed by atoms with Gasteiger partial charge in [-0.05, 0) is 61.1 Å². The Morgan fingerprint density at radius 3 is 1.68 bits per heavy atom. The highest BCUT2D eigenvalue weighted by atomic mass is 35.5. The van der Waals surface area contributed by atoms with Crippen LogP contribution < -0.4 is 11.5 Å². The van der Waals surface area contributed by atoms with Crippen molar-refractivity contribution in [1.29, 1.82) is 0 Å². The second-order valence-electron chi connectivity index (χ2n) is 7.27. The first-order chi connectivity index (χ1) is 13.1. The van der Waals surface area contributed by atoms with Crippen LogP contribution in [0.5, 0.6) is 0 Å². The molecule has 0 aliphatic carbocycles. The monoisotopic (exact) mass is 414 g/mol. The second kappa shape index (κ2) is 7.32. The summed E-state index contributed by atoms with van der Waals surface area (Å²) in [5.41, 5.74) is 16.8. The molecule has 5 heteroatoms. The first kappa shape index (κ1) is 20.5. The van der Waals surface area contributed by atoms with Gasteiger partial charge in [0.25, 0.3) is 0 Å². The van der Waals surface area contributed by atoms with Gasteiger partial charge in [-0.1, -0.05) is 65.7 Å². The van der Waals surface area contributed by atoms with E-state index < -0.39 is 5.60 Å². The van der Waals surface area contributed by atoms with Crippen LogP contribution in [-0.2, 0) is 5.60 Å². The van der Waals surface area contributed by atoms with Gasteiger partial charge in [0, 0.05) is 16.9 Å². The average Bonchev–Trinajstić information content (AvgIpc) is 2.69. The van der Waals surface area contributed by atoms with Gasteiger partial charge in [-0.15, -0.1) is 0 Å². The summed E-state index contributed by atoms with van der Waals surface area (Å²) in [6.45, 7) is 7.49. The summed E-state index contributed by atoms with van der Waals surface area (Å²) in [7, 11) is 0. The number of hydrogen-bond acceptors (Lipinski definition) is 3. The molecule has 5 N–H and O–H groups in total. The minimum Gasteiger partial charge on any atom is -0.398 e. The largest absolute Gasteiger partial charge is 0.398 e. The fourth-order valence-electron chi connectivity index (χ4n) is 3.62. The van der Waals surface area contributed by atoms with Gasteiger partial charge >= 0.3 is 0 Å². The highest BCUT2D eigenvalue weighted by molar-refractivity contribution is 6.38. The molecule has 0 amide bonds. The zero-order chi connectivity index (χ0) is 20.8. The Labute approximate surface area is 175 Å². The number of aryl methyl sites for hydroxylation is 2. The predicted octanol–water partition coefficient (Wildman–Crippen LogP) is 5.68. The molecule has 3 aromatic carbocycles. The van der Waals surface area contributed by atoms with Crippen molar-refractivity contribution in [3.8, 4) is 0 Å². The third-order valence-electron chi connectivity index (χ3n) is 5.47. The summed E-state index contributed by atoms with van der Waals surface area (Å²) < 4.78 is 0. The molecule has 146 valence electrons. The van der Waals surface area contributed by atoms with E-state index in [9.17, 15) is 5.11 Å². The van der Waals surface area contributed by atoms with Crippen molar-refractivity contribution in [2.24, 2.45) is 0 Å². The standard InChI is InChI=1S/C23H24Cl2N2O/c1-12-10-17(11-13(2)21(12)26)23(28,16-8-6-5-7-9-16)18-19(24)14(3)22(27)15(4)20(18)25/h5-11,28H,26-27H2,1-4H3. The number of nitrogen functional groups attached to an aromatic ring is 2. The van der Waals surface area contributed by atoms with Crippen LogP contribution in [0.1, 0.15) is 38.9 Å². The number of anilines is 2. The number of halogens is 2. The fourth-order valence-corrected chi connectivity index (χ4v) is 4.34. The van der Waals surface area contributed by atoms with E-state index in [1.807, 2.05) is 70.2 Å². The van der Waals surface area contributed by atoms with E-state index in [4.69, 9.17) is 34.7 Å². The molecule has 3 rings (SSSR count).